The summed E-state index contributed by atoms with van der Waals surface area (Å²) in [5.41, 5.74) is 2.26. The van der Waals surface area contributed by atoms with Crippen molar-refractivity contribution in [2.45, 2.75) is 13.8 Å². The van der Waals surface area contributed by atoms with Crippen LogP contribution in [0.3, 0.4) is 0 Å². The number of aromatic carboxylic acids is 1. The molecule has 1 aromatic carbocycles. The van der Waals surface area contributed by atoms with E-state index in [-0.39, 0.29) is 27.3 Å². The van der Waals surface area contributed by atoms with E-state index in [9.17, 15) is 4.79 Å². The summed E-state index contributed by atoms with van der Waals surface area (Å²) in [5.74, 6) is -0.855. The third-order valence-corrected chi connectivity index (χ3v) is 1.84. The first-order valence-corrected chi connectivity index (χ1v) is 3.42. The van der Waals surface area contributed by atoms with Gasteiger partial charge in [-0.2, -0.15) is 0 Å². The van der Waals surface area contributed by atoms with Crippen LogP contribution in [-0.4, -0.2) is 38.4 Å². The van der Waals surface area contributed by atoms with Crippen molar-refractivity contribution in [3.05, 3.63) is 34.9 Å². The number of aryl methyl sites for hydroxylation is 1. The summed E-state index contributed by atoms with van der Waals surface area (Å²) in [4.78, 5) is 10.6. The van der Waals surface area contributed by atoms with Crippen molar-refractivity contribution in [3.63, 3.8) is 0 Å². The van der Waals surface area contributed by atoms with Crippen LogP contribution in [0.25, 0.3) is 0 Å². The Morgan fingerprint density at radius 1 is 1.33 bits per heavy atom. The van der Waals surface area contributed by atoms with Crippen molar-refractivity contribution in [3.8, 4) is 0 Å². The molecule has 0 saturated heterocycles. The zero-order valence-electron chi connectivity index (χ0n) is 7.16. The zero-order chi connectivity index (χ0) is 8.43. The van der Waals surface area contributed by atoms with Gasteiger partial charge in [0.15, 0.2) is 0 Å². The van der Waals surface area contributed by atoms with Crippen LogP contribution in [0.15, 0.2) is 18.2 Å². The molecule has 61 valence electrons. The van der Waals surface area contributed by atoms with E-state index in [4.69, 9.17) is 5.11 Å². The second-order valence-electron chi connectivity index (χ2n) is 2.55. The molecule has 0 spiro atoms. The smallest absolute Gasteiger partial charge is 0.335 e. The molecule has 12 heavy (non-hydrogen) atoms. The van der Waals surface area contributed by atoms with Gasteiger partial charge in [0.25, 0.3) is 0 Å². The maximum atomic E-state index is 10.6. The third-order valence-electron chi connectivity index (χ3n) is 1.84. The third kappa shape index (κ3) is 2.30. The van der Waals surface area contributed by atoms with E-state index in [1.165, 1.54) is 0 Å². The van der Waals surface area contributed by atoms with Gasteiger partial charge >= 0.3 is 5.97 Å². The molecule has 0 amide bonds. The fourth-order valence-electron chi connectivity index (χ4n) is 0.983. The molecule has 0 heterocycles. The van der Waals surface area contributed by atoms with Gasteiger partial charge in [-0.25, -0.2) is 4.79 Å². The molecular formula is C9H10O2Tl. The van der Waals surface area contributed by atoms with Gasteiger partial charge in [0.2, 0.25) is 0 Å². The minimum absolute atomic E-state index is 0. The number of rotatable bonds is 1. The summed E-state index contributed by atoms with van der Waals surface area (Å²) in [7, 11) is 0. The van der Waals surface area contributed by atoms with E-state index in [0.29, 0.717) is 5.56 Å². The standard InChI is InChI=1S/C9H10O2.Tl/c1-6-4-3-5-8(7(6)2)9(10)11;/h3-5H,1-2H3,(H,10,11);. The van der Waals surface area contributed by atoms with E-state index in [1.54, 1.807) is 12.1 Å². The average Bonchev–Trinajstić information content (AvgIpc) is 1.94. The van der Waals surface area contributed by atoms with Gasteiger partial charge in [-0.3, -0.25) is 0 Å². The monoisotopic (exact) mass is 355 g/mol. The van der Waals surface area contributed by atoms with Crippen molar-refractivity contribution in [1.29, 1.82) is 0 Å². The molecule has 3 heteroatoms. The average molecular weight is 355 g/mol. The number of carboxylic acids is 1. The Morgan fingerprint density at radius 2 is 1.92 bits per heavy atom. The van der Waals surface area contributed by atoms with Gasteiger partial charge in [0.05, 0.1) is 5.56 Å². The number of hydrogen-bond acceptors (Lipinski definition) is 1. The summed E-state index contributed by atoms with van der Waals surface area (Å²) in [5, 5.41) is 8.69. The fourth-order valence-corrected chi connectivity index (χ4v) is 0.983. The van der Waals surface area contributed by atoms with E-state index < -0.39 is 5.97 Å². The van der Waals surface area contributed by atoms with Crippen molar-refractivity contribution in [2.75, 3.05) is 0 Å². The summed E-state index contributed by atoms with van der Waals surface area (Å²) < 4.78 is 0. The minimum atomic E-state index is -0.855. The van der Waals surface area contributed by atoms with Crippen molar-refractivity contribution < 1.29 is 9.90 Å². The van der Waals surface area contributed by atoms with E-state index in [2.05, 4.69) is 0 Å². The molecule has 0 aliphatic carbocycles. The van der Waals surface area contributed by atoms with Crippen LogP contribution in [0.5, 0.6) is 0 Å². The van der Waals surface area contributed by atoms with Crippen molar-refractivity contribution in [1.82, 2.24) is 0 Å². The first-order chi connectivity index (χ1) is 5.13. The second kappa shape index (κ2) is 4.59. The molecule has 1 rings (SSSR count). The fraction of sp³-hybridized carbons (Fsp3) is 0.222. The molecule has 1 N–H and O–H groups in total. The Morgan fingerprint density at radius 3 is 2.33 bits per heavy atom. The molecule has 0 unspecified atom stereocenters. The Bertz CT molecular complexity index is 295. The van der Waals surface area contributed by atoms with Gasteiger partial charge in [-0.15, -0.1) is 0 Å². The summed E-state index contributed by atoms with van der Waals surface area (Å²) in [6, 6.07) is 5.28. The maximum absolute atomic E-state index is 10.6. The topological polar surface area (TPSA) is 37.3 Å². The zero-order valence-corrected chi connectivity index (χ0v) is 11.7. The van der Waals surface area contributed by atoms with Crippen LogP contribution in [0, 0.1) is 13.8 Å². The molecule has 1 radical (unpaired) electrons. The Labute approximate surface area is 91.8 Å². The van der Waals surface area contributed by atoms with Gasteiger partial charge < -0.3 is 5.11 Å². The van der Waals surface area contributed by atoms with Crippen molar-refractivity contribution >= 4 is 33.3 Å². The number of benzene rings is 1. The Balaban J connectivity index is 0.00000121. The first-order valence-electron chi connectivity index (χ1n) is 3.42. The molecule has 0 fully saturated rings. The molecule has 0 saturated carbocycles. The molecule has 0 aliphatic rings. The predicted octanol–water partition coefficient (Wildman–Crippen LogP) is 1.62. The Hall–Kier alpha value is -0.388. The number of carbonyl (C=O) groups is 1. The summed E-state index contributed by atoms with van der Waals surface area (Å²) in [6.45, 7) is 3.72. The number of hydrogen-bond donors (Lipinski definition) is 1. The van der Waals surface area contributed by atoms with E-state index in [0.717, 1.165) is 11.1 Å². The normalized spacial score (nSPS) is 8.83. The van der Waals surface area contributed by atoms with Gasteiger partial charge in [-0.1, -0.05) is 12.1 Å². The van der Waals surface area contributed by atoms with Gasteiger partial charge in [0, 0.05) is 27.3 Å². The summed E-state index contributed by atoms with van der Waals surface area (Å²) >= 11 is 0. The van der Waals surface area contributed by atoms with E-state index >= 15 is 0 Å². The maximum Gasteiger partial charge on any atom is 0.335 e. The molecule has 2 nitrogen and oxygen atoms in total. The molecule has 0 bridgehead atoms. The van der Waals surface area contributed by atoms with Crippen LogP contribution in [-0.2, 0) is 0 Å². The summed E-state index contributed by atoms with van der Waals surface area (Å²) in [6.07, 6.45) is 0. The van der Waals surface area contributed by atoms with Crippen LogP contribution < -0.4 is 0 Å². The largest absolute Gasteiger partial charge is 0.478 e. The second-order valence-corrected chi connectivity index (χ2v) is 2.55. The van der Waals surface area contributed by atoms with Crippen LogP contribution in [0.2, 0.25) is 0 Å². The quantitative estimate of drug-likeness (QED) is 0.778. The Kier molecular flexibility index (Phi) is 4.44. The minimum Gasteiger partial charge on any atom is -0.478 e. The van der Waals surface area contributed by atoms with Crippen LogP contribution >= 0.6 is 0 Å². The number of carboxylic acid groups (broad SMARTS) is 1. The van der Waals surface area contributed by atoms with E-state index in [1.807, 2.05) is 19.9 Å². The molecule has 0 atom stereocenters. The molecular weight excluding hydrogens is 344 g/mol. The SMILES string of the molecule is Cc1cccc(C(=O)O)c1C.[Tl]. The first kappa shape index (κ1) is 11.6. The van der Waals surface area contributed by atoms with Gasteiger partial charge in [-0.05, 0) is 31.0 Å². The molecule has 0 aromatic heterocycles. The van der Waals surface area contributed by atoms with Gasteiger partial charge in [0.1, 0.15) is 0 Å². The molecule has 1 aromatic rings. The van der Waals surface area contributed by atoms with Crippen LogP contribution in [0.1, 0.15) is 21.5 Å². The predicted molar refractivity (Wildman–Crippen MR) is 48.6 cm³/mol. The van der Waals surface area contributed by atoms with Crippen molar-refractivity contribution in [2.24, 2.45) is 0 Å². The molecule has 0 aliphatic heterocycles. The van der Waals surface area contributed by atoms with Crippen LogP contribution in [0.4, 0.5) is 0 Å².